The maximum Gasteiger partial charge on any atom is 0.391 e. The molecule has 0 unspecified atom stereocenters. The van der Waals surface area contributed by atoms with Crippen LogP contribution in [0.3, 0.4) is 0 Å². The molecule has 1 saturated heterocycles. The summed E-state index contributed by atoms with van der Waals surface area (Å²) >= 11 is 4.94. The zero-order chi connectivity index (χ0) is 20.6. The van der Waals surface area contributed by atoms with Gasteiger partial charge in [-0.25, -0.2) is 0 Å². The highest BCUT2D eigenvalue weighted by molar-refractivity contribution is 7.78. The lowest BCUT2D eigenvalue weighted by atomic mass is 9.86. The second kappa shape index (κ2) is 7.67. The van der Waals surface area contributed by atoms with Crippen molar-refractivity contribution in [2.24, 2.45) is 5.92 Å². The van der Waals surface area contributed by atoms with Gasteiger partial charge in [0.05, 0.1) is 18.2 Å². The van der Waals surface area contributed by atoms with Crippen molar-refractivity contribution < 1.29 is 18.0 Å². The molecule has 0 radical (unpaired) electrons. The van der Waals surface area contributed by atoms with Gasteiger partial charge in [-0.15, -0.1) is 0 Å². The summed E-state index contributed by atoms with van der Waals surface area (Å²) in [6.07, 6.45) is -2.45. The van der Waals surface area contributed by atoms with Crippen LogP contribution in [0.4, 0.5) is 18.9 Å². The maximum absolute atomic E-state index is 13.3. The fourth-order valence-corrected chi connectivity index (χ4v) is 4.17. The minimum Gasteiger partial charge on any atom is -0.355 e. The summed E-state index contributed by atoms with van der Waals surface area (Å²) in [5.41, 5.74) is 2.74. The Morgan fingerprint density at radius 2 is 2.03 bits per heavy atom. The molecule has 1 fully saturated rings. The number of alkyl halides is 3. The number of nitrogens with zero attached hydrogens (tertiary/aromatic N) is 1. The van der Waals surface area contributed by atoms with Crippen LogP contribution in [-0.4, -0.2) is 28.6 Å². The van der Waals surface area contributed by atoms with Gasteiger partial charge in [0.1, 0.15) is 5.69 Å². The van der Waals surface area contributed by atoms with Crippen LogP contribution in [0.2, 0.25) is 0 Å². The Morgan fingerprint density at radius 3 is 2.79 bits per heavy atom. The number of hydrogen-bond acceptors (Lipinski definition) is 4. The van der Waals surface area contributed by atoms with Crippen LogP contribution in [0.25, 0.3) is 0 Å². The molecule has 3 heterocycles. The van der Waals surface area contributed by atoms with Crippen LogP contribution < -0.4 is 15.5 Å². The highest BCUT2D eigenvalue weighted by Gasteiger charge is 2.42. The van der Waals surface area contributed by atoms with Gasteiger partial charge in [-0.2, -0.15) is 13.2 Å². The number of hydrogen-bond donors (Lipinski definition) is 3. The summed E-state index contributed by atoms with van der Waals surface area (Å²) in [5, 5.41) is 8.50. The van der Waals surface area contributed by atoms with Crippen molar-refractivity contribution >= 4 is 28.8 Å². The van der Waals surface area contributed by atoms with E-state index in [0.29, 0.717) is 30.3 Å². The average molecular weight is 420 g/mol. The Hall–Kier alpha value is -2.61. The summed E-state index contributed by atoms with van der Waals surface area (Å²) in [7, 11) is 0. The zero-order valence-corrected chi connectivity index (χ0v) is 16.2. The summed E-state index contributed by atoms with van der Waals surface area (Å²) in [6, 6.07) is 8.79. The van der Waals surface area contributed by atoms with Gasteiger partial charge in [-0.1, -0.05) is 24.3 Å². The van der Waals surface area contributed by atoms with Gasteiger partial charge < -0.3 is 15.2 Å². The van der Waals surface area contributed by atoms with Crippen molar-refractivity contribution in [1.82, 2.24) is 15.6 Å². The number of H-pyrrole nitrogens is 1. The van der Waals surface area contributed by atoms with E-state index in [1.165, 1.54) is 0 Å². The van der Waals surface area contributed by atoms with Gasteiger partial charge in [0.15, 0.2) is 5.82 Å². The number of aromatic nitrogens is 1. The van der Waals surface area contributed by atoms with Crippen LogP contribution in [0.1, 0.15) is 40.5 Å². The third-order valence-corrected chi connectivity index (χ3v) is 5.66. The number of nitrogens with one attached hydrogen (secondary N) is 3. The van der Waals surface area contributed by atoms with E-state index in [1.54, 1.807) is 12.3 Å². The minimum atomic E-state index is -4.19. The average Bonchev–Trinajstić information content (AvgIpc) is 3.20. The van der Waals surface area contributed by atoms with Gasteiger partial charge >= 0.3 is 6.18 Å². The van der Waals surface area contributed by atoms with E-state index in [1.807, 2.05) is 29.2 Å². The number of carbonyl (C=O) groups excluding carboxylic acids is 1. The first-order valence-corrected chi connectivity index (χ1v) is 9.68. The van der Waals surface area contributed by atoms with E-state index in [2.05, 4.69) is 20.6 Å². The summed E-state index contributed by atoms with van der Waals surface area (Å²) in [4.78, 5) is 16.9. The number of thiocarbonyl (C=S) groups is 1. The first-order valence-electron chi connectivity index (χ1n) is 9.27. The van der Waals surface area contributed by atoms with Crippen molar-refractivity contribution in [1.29, 1.82) is 0 Å². The third kappa shape index (κ3) is 3.81. The molecule has 2 aromatic rings. The summed E-state index contributed by atoms with van der Waals surface area (Å²) in [5.74, 6) is -1.27. The van der Waals surface area contributed by atoms with Crippen LogP contribution in [-0.2, 0) is 6.54 Å². The Bertz CT molecular complexity index is 980. The first-order chi connectivity index (χ1) is 13.9. The lowest BCUT2D eigenvalue weighted by Gasteiger charge is -2.34. The molecule has 2 aliphatic heterocycles. The quantitative estimate of drug-likeness (QED) is 0.661. The Balaban J connectivity index is 1.65. The lowest BCUT2D eigenvalue weighted by molar-refractivity contribution is -0.183. The van der Waals surface area contributed by atoms with Crippen LogP contribution in [0.5, 0.6) is 0 Å². The number of rotatable bonds is 3. The van der Waals surface area contributed by atoms with Gasteiger partial charge in [-0.3, -0.25) is 10.1 Å². The number of halogens is 3. The fourth-order valence-electron chi connectivity index (χ4n) is 4.01. The summed E-state index contributed by atoms with van der Waals surface area (Å²) in [6.45, 7) is 0.658. The van der Waals surface area contributed by atoms with E-state index in [9.17, 15) is 18.0 Å². The zero-order valence-electron chi connectivity index (χ0n) is 15.3. The van der Waals surface area contributed by atoms with E-state index in [4.69, 9.17) is 12.2 Å². The van der Waals surface area contributed by atoms with Crippen molar-refractivity contribution in [3.8, 4) is 0 Å². The second-order valence-electron chi connectivity index (χ2n) is 7.20. The number of carbonyl (C=O) groups is 1. The third-order valence-electron chi connectivity index (χ3n) is 5.47. The normalized spacial score (nSPS) is 22.1. The molecular weight excluding hydrogens is 401 g/mol. The Labute approximate surface area is 171 Å². The van der Waals surface area contributed by atoms with Crippen LogP contribution >= 0.6 is 12.2 Å². The Kier molecular flexibility index (Phi) is 5.21. The maximum atomic E-state index is 13.3. The van der Waals surface area contributed by atoms with E-state index in [-0.39, 0.29) is 18.7 Å². The number of anilines is 1. The van der Waals surface area contributed by atoms with Gasteiger partial charge in [0, 0.05) is 12.2 Å². The molecule has 0 aliphatic carbocycles. The van der Waals surface area contributed by atoms with Gasteiger partial charge in [0.2, 0.25) is 0 Å². The van der Waals surface area contributed by atoms with Crippen molar-refractivity contribution in [2.45, 2.75) is 31.6 Å². The molecule has 3 N–H and O–H groups in total. The van der Waals surface area contributed by atoms with Crippen LogP contribution in [0.15, 0.2) is 42.3 Å². The molecule has 1 amide bonds. The highest BCUT2D eigenvalue weighted by atomic mass is 32.1. The van der Waals surface area contributed by atoms with E-state index < -0.39 is 18.1 Å². The predicted molar refractivity (Wildman–Crippen MR) is 107 cm³/mol. The SMILES string of the molecule is O=C1NC(=C=S)N(Cc2ccccc2[C@@H]2C[C@H](C(F)(F)F)CCN2)c2cc[nH]c21. The van der Waals surface area contributed by atoms with Gasteiger partial charge in [-0.05, 0) is 53.8 Å². The molecule has 5 nitrogen and oxygen atoms in total. The number of aromatic amines is 1. The first kappa shape index (κ1) is 19.7. The molecule has 0 spiro atoms. The summed E-state index contributed by atoms with van der Waals surface area (Å²) < 4.78 is 39.8. The molecule has 0 bridgehead atoms. The highest BCUT2D eigenvalue weighted by Crippen LogP contribution is 2.39. The number of fused-ring (bicyclic) bond motifs is 1. The molecule has 29 heavy (non-hydrogen) atoms. The fraction of sp³-hybridized carbons (Fsp3) is 0.350. The van der Waals surface area contributed by atoms with E-state index in [0.717, 1.165) is 11.1 Å². The number of amides is 1. The Morgan fingerprint density at radius 1 is 1.24 bits per heavy atom. The molecule has 9 heteroatoms. The largest absolute Gasteiger partial charge is 0.391 e. The topological polar surface area (TPSA) is 60.2 Å². The molecule has 1 aromatic carbocycles. The van der Waals surface area contributed by atoms with Crippen molar-refractivity contribution in [3.05, 3.63) is 59.2 Å². The number of benzene rings is 1. The van der Waals surface area contributed by atoms with Crippen molar-refractivity contribution in [2.75, 3.05) is 11.4 Å². The van der Waals surface area contributed by atoms with Crippen LogP contribution in [0, 0.1) is 5.92 Å². The molecule has 4 rings (SSSR count). The lowest BCUT2D eigenvalue weighted by Crippen LogP contribution is -2.41. The molecular formula is C20H19F3N4OS. The molecule has 2 atom stereocenters. The smallest absolute Gasteiger partial charge is 0.355 e. The molecule has 0 saturated carbocycles. The van der Waals surface area contributed by atoms with E-state index >= 15 is 0 Å². The van der Waals surface area contributed by atoms with Gasteiger partial charge in [0.25, 0.3) is 5.91 Å². The second-order valence-corrected chi connectivity index (χ2v) is 7.40. The minimum absolute atomic E-state index is 0.00249. The molecule has 152 valence electrons. The molecule has 1 aromatic heterocycles. The predicted octanol–water partition coefficient (Wildman–Crippen LogP) is 3.81. The molecule has 2 aliphatic rings. The standard InChI is InChI=1S/C20H19F3N4OS/c21-20(22,23)13-5-7-24-15(9-13)14-4-2-1-3-12(14)10-27-16-6-8-25-18(16)19(28)26-17(27)11-29/h1-4,6,8,13,15,24-25H,5,7,9-10H2,(H,26,28)/t13-,15+/m1/s1. The number of piperidine rings is 1. The monoisotopic (exact) mass is 420 g/mol. The van der Waals surface area contributed by atoms with Crippen molar-refractivity contribution in [3.63, 3.8) is 0 Å².